The van der Waals surface area contributed by atoms with Gasteiger partial charge in [0.25, 0.3) is 0 Å². The van der Waals surface area contributed by atoms with Gasteiger partial charge in [0, 0.05) is 43.3 Å². The molecule has 0 spiro atoms. The van der Waals surface area contributed by atoms with Crippen molar-refractivity contribution < 1.29 is 0 Å². The molecule has 2 N–H and O–H groups in total. The van der Waals surface area contributed by atoms with Gasteiger partial charge in [-0.05, 0) is 40.1 Å². The first kappa shape index (κ1) is 13.9. The number of pyridine rings is 1. The number of aromatic nitrogens is 1. The van der Waals surface area contributed by atoms with E-state index >= 15 is 0 Å². The van der Waals surface area contributed by atoms with Crippen molar-refractivity contribution >= 4 is 5.69 Å². The van der Waals surface area contributed by atoms with E-state index in [4.69, 9.17) is 5.73 Å². The van der Waals surface area contributed by atoms with Crippen molar-refractivity contribution in [2.45, 2.75) is 19.9 Å². The zero-order valence-electron chi connectivity index (χ0n) is 11.2. The number of rotatable bonds is 7. The van der Waals surface area contributed by atoms with Crippen LogP contribution in [0.5, 0.6) is 0 Å². The molecule has 0 aliphatic carbocycles. The summed E-state index contributed by atoms with van der Waals surface area (Å²) >= 11 is 0. The first-order valence-corrected chi connectivity index (χ1v) is 6.21. The van der Waals surface area contributed by atoms with E-state index in [1.165, 1.54) is 5.69 Å². The Hall–Kier alpha value is -1.13. The lowest BCUT2D eigenvalue weighted by Crippen LogP contribution is -2.28. The summed E-state index contributed by atoms with van der Waals surface area (Å²) in [5.74, 6) is 0. The summed E-state index contributed by atoms with van der Waals surface area (Å²) in [6.07, 6.45) is 4.86. The van der Waals surface area contributed by atoms with Crippen molar-refractivity contribution in [3.05, 3.63) is 24.0 Å². The number of hydrogen-bond acceptors (Lipinski definition) is 4. The average molecular weight is 236 g/mol. The highest BCUT2D eigenvalue weighted by molar-refractivity contribution is 5.52. The monoisotopic (exact) mass is 236 g/mol. The van der Waals surface area contributed by atoms with Crippen LogP contribution in [0, 0.1) is 0 Å². The molecule has 0 bridgehead atoms. The van der Waals surface area contributed by atoms with Crippen molar-refractivity contribution in [2.24, 2.45) is 5.73 Å². The normalized spacial score (nSPS) is 10.9. The Labute approximate surface area is 104 Å². The Bertz CT molecular complexity index is 325. The van der Waals surface area contributed by atoms with Gasteiger partial charge in [0.1, 0.15) is 0 Å². The summed E-state index contributed by atoms with van der Waals surface area (Å²) < 4.78 is 0. The molecule has 0 aliphatic heterocycles. The Balaban J connectivity index is 2.65. The Morgan fingerprint density at radius 1 is 1.29 bits per heavy atom. The lowest BCUT2D eigenvalue weighted by Gasteiger charge is -2.25. The van der Waals surface area contributed by atoms with E-state index in [1.54, 1.807) is 0 Å². The van der Waals surface area contributed by atoms with E-state index in [-0.39, 0.29) is 0 Å². The van der Waals surface area contributed by atoms with Gasteiger partial charge in [0.2, 0.25) is 0 Å². The Morgan fingerprint density at radius 2 is 2.06 bits per heavy atom. The van der Waals surface area contributed by atoms with E-state index in [2.05, 4.69) is 41.9 Å². The maximum absolute atomic E-state index is 5.75. The molecule has 0 atom stereocenters. The molecule has 0 amide bonds. The summed E-state index contributed by atoms with van der Waals surface area (Å²) in [6, 6.07) is 2.06. The molecule has 96 valence electrons. The van der Waals surface area contributed by atoms with E-state index in [0.29, 0.717) is 6.54 Å². The molecule has 1 aromatic rings. The molecule has 0 saturated carbocycles. The minimum absolute atomic E-state index is 0.549. The molecule has 1 heterocycles. The highest BCUT2D eigenvalue weighted by atomic mass is 15.1. The molecule has 0 fully saturated rings. The van der Waals surface area contributed by atoms with Crippen LogP contribution in [0.2, 0.25) is 0 Å². The van der Waals surface area contributed by atoms with Gasteiger partial charge in [-0.25, -0.2) is 0 Å². The van der Waals surface area contributed by atoms with Gasteiger partial charge >= 0.3 is 0 Å². The van der Waals surface area contributed by atoms with Crippen LogP contribution < -0.4 is 10.6 Å². The van der Waals surface area contributed by atoms with Crippen molar-refractivity contribution in [3.63, 3.8) is 0 Å². The van der Waals surface area contributed by atoms with Gasteiger partial charge in [0.15, 0.2) is 0 Å². The minimum atomic E-state index is 0.549. The molecule has 0 unspecified atom stereocenters. The van der Waals surface area contributed by atoms with Gasteiger partial charge in [-0.2, -0.15) is 0 Å². The molecule has 1 rings (SSSR count). The van der Waals surface area contributed by atoms with Gasteiger partial charge in [-0.1, -0.05) is 0 Å². The molecular formula is C13H24N4. The van der Waals surface area contributed by atoms with Gasteiger partial charge in [-0.15, -0.1) is 0 Å². The number of nitrogens with zero attached hydrogens (tertiary/aromatic N) is 3. The summed E-state index contributed by atoms with van der Waals surface area (Å²) in [5.41, 5.74) is 8.10. The van der Waals surface area contributed by atoms with Gasteiger partial charge in [-0.3, -0.25) is 4.98 Å². The van der Waals surface area contributed by atoms with E-state index < -0.39 is 0 Å². The first-order valence-electron chi connectivity index (χ1n) is 6.21. The van der Waals surface area contributed by atoms with Crippen molar-refractivity contribution in [1.29, 1.82) is 0 Å². The van der Waals surface area contributed by atoms with E-state index in [1.807, 2.05) is 12.4 Å². The smallest absolute Gasteiger partial charge is 0.0442 e. The molecular weight excluding hydrogens is 212 g/mol. The molecule has 0 aromatic carbocycles. The van der Waals surface area contributed by atoms with Crippen molar-refractivity contribution in [2.75, 3.05) is 38.6 Å². The fourth-order valence-electron chi connectivity index (χ4n) is 1.91. The molecule has 17 heavy (non-hydrogen) atoms. The highest BCUT2D eigenvalue weighted by Crippen LogP contribution is 2.18. The van der Waals surface area contributed by atoms with Crippen molar-refractivity contribution in [1.82, 2.24) is 9.88 Å². The van der Waals surface area contributed by atoms with Crippen LogP contribution in [-0.4, -0.2) is 43.6 Å². The maximum Gasteiger partial charge on any atom is 0.0442 e. The van der Waals surface area contributed by atoms with Crippen LogP contribution in [0.3, 0.4) is 0 Å². The SMILES string of the molecule is CCN(CCCN(C)C)c1ccncc1CN. The third kappa shape index (κ3) is 4.32. The zero-order valence-corrected chi connectivity index (χ0v) is 11.2. The molecule has 4 nitrogen and oxygen atoms in total. The summed E-state index contributed by atoms with van der Waals surface area (Å²) in [6.45, 7) is 5.90. The van der Waals surface area contributed by atoms with Crippen LogP contribution >= 0.6 is 0 Å². The Kier molecular flexibility index (Phi) is 5.94. The Morgan fingerprint density at radius 3 is 2.65 bits per heavy atom. The van der Waals surface area contributed by atoms with Crippen LogP contribution in [-0.2, 0) is 6.54 Å². The number of nitrogens with two attached hydrogens (primary N) is 1. The van der Waals surface area contributed by atoms with Gasteiger partial charge < -0.3 is 15.5 Å². The second-order valence-corrected chi connectivity index (χ2v) is 4.45. The first-order chi connectivity index (χ1) is 8.19. The number of anilines is 1. The highest BCUT2D eigenvalue weighted by Gasteiger charge is 2.08. The fraction of sp³-hybridized carbons (Fsp3) is 0.615. The molecule has 0 radical (unpaired) electrons. The average Bonchev–Trinajstić information content (AvgIpc) is 2.34. The van der Waals surface area contributed by atoms with Crippen molar-refractivity contribution in [3.8, 4) is 0 Å². The zero-order chi connectivity index (χ0) is 12.7. The standard InChI is InChI=1S/C13H24N4/c1-4-17(9-5-8-16(2)3)13-6-7-15-11-12(13)10-14/h6-7,11H,4-5,8-10,14H2,1-3H3. The van der Waals surface area contributed by atoms with Crippen LogP contribution in [0.4, 0.5) is 5.69 Å². The molecule has 1 aromatic heterocycles. The largest absolute Gasteiger partial charge is 0.371 e. The maximum atomic E-state index is 5.75. The second-order valence-electron chi connectivity index (χ2n) is 4.45. The third-order valence-corrected chi connectivity index (χ3v) is 2.85. The van der Waals surface area contributed by atoms with E-state index in [0.717, 1.165) is 31.6 Å². The lowest BCUT2D eigenvalue weighted by molar-refractivity contribution is 0.400. The van der Waals surface area contributed by atoms with Crippen LogP contribution in [0.25, 0.3) is 0 Å². The predicted molar refractivity (Wildman–Crippen MR) is 73.2 cm³/mol. The predicted octanol–water partition coefficient (Wildman–Crippen LogP) is 1.32. The topological polar surface area (TPSA) is 45.4 Å². The summed E-state index contributed by atoms with van der Waals surface area (Å²) in [5, 5.41) is 0. The fourth-order valence-corrected chi connectivity index (χ4v) is 1.91. The van der Waals surface area contributed by atoms with Crippen LogP contribution in [0.1, 0.15) is 18.9 Å². The summed E-state index contributed by atoms with van der Waals surface area (Å²) in [4.78, 5) is 8.71. The molecule has 4 heteroatoms. The minimum Gasteiger partial charge on any atom is -0.371 e. The van der Waals surface area contributed by atoms with E-state index in [9.17, 15) is 0 Å². The van der Waals surface area contributed by atoms with Gasteiger partial charge in [0.05, 0.1) is 0 Å². The quantitative estimate of drug-likeness (QED) is 0.775. The number of hydrogen-bond donors (Lipinski definition) is 1. The second kappa shape index (κ2) is 7.25. The lowest BCUT2D eigenvalue weighted by atomic mass is 10.2. The molecule has 0 aliphatic rings. The van der Waals surface area contributed by atoms with Crippen LogP contribution in [0.15, 0.2) is 18.5 Å². The summed E-state index contributed by atoms with van der Waals surface area (Å²) in [7, 11) is 4.21. The molecule has 0 saturated heterocycles. The third-order valence-electron chi connectivity index (χ3n) is 2.85.